The van der Waals surface area contributed by atoms with Crippen molar-refractivity contribution in [2.45, 2.75) is 31.8 Å². The highest BCUT2D eigenvalue weighted by atomic mass is 35.5. The fourth-order valence-electron chi connectivity index (χ4n) is 3.62. The lowest BCUT2D eigenvalue weighted by atomic mass is 10.0. The third-order valence-corrected chi connectivity index (χ3v) is 5.13. The molecule has 2 fully saturated rings. The first-order valence-electron chi connectivity index (χ1n) is 8.31. The standard InChI is InChI=1S/C17H26ClN3O/c1-13-11-21(9-6-19-13)16(12-20-7-2-3-8-20)14-4-5-17(22)15(18)10-14/h4-5,10,13,16,19,22H,2-3,6-9,11-12H2,1H3. The highest BCUT2D eigenvalue weighted by molar-refractivity contribution is 6.32. The number of nitrogens with one attached hydrogen (secondary N) is 1. The van der Waals surface area contributed by atoms with E-state index >= 15 is 0 Å². The largest absolute Gasteiger partial charge is 0.506 e. The molecule has 2 aliphatic heterocycles. The number of halogens is 1. The molecular weight excluding hydrogens is 298 g/mol. The minimum Gasteiger partial charge on any atom is -0.506 e. The van der Waals surface area contributed by atoms with E-state index in [0.29, 0.717) is 17.1 Å². The minimum atomic E-state index is 0.166. The fourth-order valence-corrected chi connectivity index (χ4v) is 3.81. The van der Waals surface area contributed by atoms with Gasteiger partial charge in [-0.3, -0.25) is 4.90 Å². The molecule has 2 unspecified atom stereocenters. The third kappa shape index (κ3) is 3.74. The number of hydrogen-bond acceptors (Lipinski definition) is 4. The van der Waals surface area contributed by atoms with Crippen molar-refractivity contribution in [3.8, 4) is 5.75 Å². The van der Waals surface area contributed by atoms with Gasteiger partial charge in [0.2, 0.25) is 0 Å². The molecule has 0 radical (unpaired) electrons. The van der Waals surface area contributed by atoms with Gasteiger partial charge in [-0.05, 0) is 50.6 Å². The second-order valence-corrected chi connectivity index (χ2v) is 6.99. The van der Waals surface area contributed by atoms with Gasteiger partial charge in [-0.25, -0.2) is 0 Å². The quantitative estimate of drug-likeness (QED) is 0.893. The van der Waals surface area contributed by atoms with E-state index < -0.39 is 0 Å². The van der Waals surface area contributed by atoms with Crippen LogP contribution in [0.1, 0.15) is 31.4 Å². The SMILES string of the molecule is CC1CN(C(CN2CCCC2)c2ccc(O)c(Cl)c2)CCN1. The van der Waals surface area contributed by atoms with Gasteiger partial charge >= 0.3 is 0 Å². The monoisotopic (exact) mass is 323 g/mol. The summed E-state index contributed by atoms with van der Waals surface area (Å²) in [5.41, 5.74) is 1.21. The van der Waals surface area contributed by atoms with E-state index in [-0.39, 0.29) is 5.75 Å². The number of piperazine rings is 1. The van der Waals surface area contributed by atoms with E-state index in [9.17, 15) is 5.11 Å². The summed E-state index contributed by atoms with van der Waals surface area (Å²) in [4.78, 5) is 5.11. The number of benzene rings is 1. The van der Waals surface area contributed by atoms with Gasteiger partial charge in [-0.1, -0.05) is 17.7 Å². The van der Waals surface area contributed by atoms with Gasteiger partial charge in [0.25, 0.3) is 0 Å². The maximum atomic E-state index is 9.70. The van der Waals surface area contributed by atoms with Gasteiger partial charge in [0.1, 0.15) is 5.75 Å². The molecule has 122 valence electrons. The van der Waals surface area contributed by atoms with Crippen molar-refractivity contribution in [3.05, 3.63) is 28.8 Å². The number of phenolic OH excluding ortho intramolecular Hbond substituents is 1. The van der Waals surface area contributed by atoms with Gasteiger partial charge in [0.05, 0.1) is 5.02 Å². The molecule has 2 atom stereocenters. The molecular formula is C17H26ClN3O. The summed E-state index contributed by atoms with van der Waals surface area (Å²) in [5.74, 6) is 0.166. The van der Waals surface area contributed by atoms with Crippen molar-refractivity contribution >= 4 is 11.6 Å². The Kier molecular flexibility index (Phi) is 5.24. The molecule has 0 amide bonds. The molecule has 0 aromatic heterocycles. The maximum absolute atomic E-state index is 9.70. The van der Waals surface area contributed by atoms with Crippen LogP contribution in [-0.4, -0.2) is 60.2 Å². The molecule has 4 nitrogen and oxygen atoms in total. The molecule has 2 heterocycles. The van der Waals surface area contributed by atoms with Crippen molar-refractivity contribution in [2.24, 2.45) is 0 Å². The molecule has 1 aromatic carbocycles. The second kappa shape index (κ2) is 7.18. The van der Waals surface area contributed by atoms with Gasteiger partial charge < -0.3 is 15.3 Å². The summed E-state index contributed by atoms with van der Waals surface area (Å²) in [6.07, 6.45) is 2.61. The van der Waals surface area contributed by atoms with Crippen LogP contribution in [0, 0.1) is 0 Å². The molecule has 22 heavy (non-hydrogen) atoms. The summed E-state index contributed by atoms with van der Waals surface area (Å²) in [7, 11) is 0. The molecule has 5 heteroatoms. The fraction of sp³-hybridized carbons (Fsp3) is 0.647. The normalized spacial score (nSPS) is 25.5. The van der Waals surface area contributed by atoms with Gasteiger partial charge in [0, 0.05) is 38.3 Å². The first-order valence-corrected chi connectivity index (χ1v) is 8.69. The number of nitrogens with zero attached hydrogens (tertiary/aromatic N) is 2. The van der Waals surface area contributed by atoms with Crippen LogP contribution in [-0.2, 0) is 0 Å². The van der Waals surface area contributed by atoms with Gasteiger partial charge in [0.15, 0.2) is 0 Å². The average Bonchev–Trinajstić information content (AvgIpc) is 3.01. The van der Waals surface area contributed by atoms with Crippen LogP contribution < -0.4 is 5.32 Å². The lowest BCUT2D eigenvalue weighted by Crippen LogP contribution is -2.52. The summed E-state index contributed by atoms with van der Waals surface area (Å²) < 4.78 is 0. The zero-order valence-electron chi connectivity index (χ0n) is 13.3. The molecule has 0 saturated carbocycles. The summed E-state index contributed by atoms with van der Waals surface area (Å²) >= 11 is 6.15. The van der Waals surface area contributed by atoms with E-state index in [1.807, 2.05) is 12.1 Å². The lowest BCUT2D eigenvalue weighted by molar-refractivity contribution is 0.117. The Balaban J connectivity index is 1.81. The van der Waals surface area contributed by atoms with E-state index in [0.717, 1.165) is 26.2 Å². The number of hydrogen-bond donors (Lipinski definition) is 2. The van der Waals surface area contributed by atoms with Crippen LogP contribution in [0.3, 0.4) is 0 Å². The van der Waals surface area contributed by atoms with Crippen LogP contribution in [0.15, 0.2) is 18.2 Å². The molecule has 1 aromatic rings. The highest BCUT2D eigenvalue weighted by Crippen LogP contribution is 2.31. The van der Waals surface area contributed by atoms with Crippen LogP contribution in [0.2, 0.25) is 5.02 Å². The van der Waals surface area contributed by atoms with E-state index in [4.69, 9.17) is 11.6 Å². The predicted molar refractivity (Wildman–Crippen MR) is 90.6 cm³/mol. The zero-order chi connectivity index (χ0) is 15.5. The molecule has 2 saturated heterocycles. The predicted octanol–water partition coefficient (Wildman–Crippen LogP) is 2.48. The molecule has 2 N–H and O–H groups in total. The Hall–Kier alpha value is -0.810. The molecule has 0 aliphatic carbocycles. The summed E-state index contributed by atoms with van der Waals surface area (Å²) in [6.45, 7) is 8.83. The Morgan fingerprint density at radius 2 is 2.09 bits per heavy atom. The van der Waals surface area contributed by atoms with Crippen molar-refractivity contribution in [1.82, 2.24) is 15.1 Å². The lowest BCUT2D eigenvalue weighted by Gasteiger charge is -2.39. The first-order chi connectivity index (χ1) is 10.6. The van der Waals surface area contributed by atoms with Crippen molar-refractivity contribution in [3.63, 3.8) is 0 Å². The van der Waals surface area contributed by atoms with Crippen molar-refractivity contribution < 1.29 is 5.11 Å². The number of phenols is 1. The smallest absolute Gasteiger partial charge is 0.134 e. The zero-order valence-corrected chi connectivity index (χ0v) is 14.0. The minimum absolute atomic E-state index is 0.166. The Morgan fingerprint density at radius 1 is 1.32 bits per heavy atom. The average molecular weight is 324 g/mol. The third-order valence-electron chi connectivity index (χ3n) is 4.83. The van der Waals surface area contributed by atoms with Crippen molar-refractivity contribution in [1.29, 1.82) is 0 Å². The van der Waals surface area contributed by atoms with E-state index in [1.165, 1.54) is 31.5 Å². The van der Waals surface area contributed by atoms with E-state index in [1.54, 1.807) is 6.07 Å². The summed E-state index contributed by atoms with van der Waals surface area (Å²) in [6, 6.07) is 6.54. The van der Waals surface area contributed by atoms with Crippen LogP contribution in [0.25, 0.3) is 0 Å². The second-order valence-electron chi connectivity index (χ2n) is 6.58. The number of aromatic hydroxyl groups is 1. The molecule has 0 spiro atoms. The summed E-state index contributed by atoms with van der Waals surface area (Å²) in [5, 5.41) is 13.7. The molecule has 2 aliphatic rings. The highest BCUT2D eigenvalue weighted by Gasteiger charge is 2.28. The van der Waals surface area contributed by atoms with Gasteiger partial charge in [-0.2, -0.15) is 0 Å². The topological polar surface area (TPSA) is 38.7 Å². The first kappa shape index (κ1) is 16.1. The maximum Gasteiger partial charge on any atom is 0.134 e. The van der Waals surface area contributed by atoms with Crippen LogP contribution in [0.5, 0.6) is 5.75 Å². The Morgan fingerprint density at radius 3 is 2.77 bits per heavy atom. The van der Waals surface area contributed by atoms with Crippen molar-refractivity contribution in [2.75, 3.05) is 39.3 Å². The van der Waals surface area contributed by atoms with Gasteiger partial charge in [-0.15, -0.1) is 0 Å². The van der Waals surface area contributed by atoms with Crippen LogP contribution in [0.4, 0.5) is 0 Å². The van der Waals surface area contributed by atoms with E-state index in [2.05, 4.69) is 22.0 Å². The Bertz CT molecular complexity index is 505. The van der Waals surface area contributed by atoms with Crippen LogP contribution >= 0.6 is 11.6 Å². The molecule has 0 bridgehead atoms. The number of likely N-dealkylation sites (tertiary alicyclic amines) is 1. The Labute approximate surface area is 138 Å². The number of rotatable bonds is 4. The molecule has 3 rings (SSSR count).